The zero-order valence-electron chi connectivity index (χ0n) is 28.8. The summed E-state index contributed by atoms with van der Waals surface area (Å²) < 4.78 is 0. The number of nitrogens with zero attached hydrogens (tertiary/aromatic N) is 4. The average Bonchev–Trinajstić information content (AvgIpc) is 2.94. The van der Waals surface area contributed by atoms with Crippen molar-refractivity contribution in [2.45, 2.75) is 136 Å². The van der Waals surface area contributed by atoms with Crippen LogP contribution in [0.4, 0.5) is 0 Å². The van der Waals surface area contributed by atoms with Gasteiger partial charge in [-0.15, -0.1) is 0 Å². The van der Waals surface area contributed by atoms with Crippen molar-refractivity contribution in [1.82, 2.24) is 19.6 Å². The molecule has 0 aromatic rings. The van der Waals surface area contributed by atoms with Gasteiger partial charge in [-0.2, -0.15) is 0 Å². The summed E-state index contributed by atoms with van der Waals surface area (Å²) in [5.74, 6) is 3.32. The van der Waals surface area contributed by atoms with E-state index < -0.39 is 11.2 Å². The minimum Gasteiger partial charge on any atom is -0.389 e. The molecule has 7 heteroatoms. The fourth-order valence-electron chi connectivity index (χ4n) is 7.65. The van der Waals surface area contributed by atoms with Crippen LogP contribution in [-0.4, -0.2) is 118 Å². The highest BCUT2D eigenvalue weighted by molar-refractivity contribution is 5.77. The second-order valence-electron chi connectivity index (χ2n) is 15.7. The smallest absolute Gasteiger partial charge is 0.225 e. The second kappa shape index (κ2) is 16.0. The Kier molecular flexibility index (Phi) is 13.6. The predicted octanol–water partition coefficient (Wildman–Crippen LogP) is 5.10. The van der Waals surface area contributed by atoms with Crippen molar-refractivity contribution in [1.29, 1.82) is 0 Å². The van der Waals surface area contributed by atoms with Crippen LogP contribution in [0, 0.1) is 23.7 Å². The van der Waals surface area contributed by atoms with Crippen molar-refractivity contribution in [3.63, 3.8) is 0 Å². The lowest BCUT2D eigenvalue weighted by molar-refractivity contribution is -0.140. The lowest BCUT2D eigenvalue weighted by Crippen LogP contribution is -2.53. The van der Waals surface area contributed by atoms with E-state index in [1.54, 1.807) is 0 Å². The van der Waals surface area contributed by atoms with Gasteiger partial charge in [0.2, 0.25) is 5.91 Å². The highest BCUT2D eigenvalue weighted by atomic mass is 16.3. The van der Waals surface area contributed by atoms with Crippen molar-refractivity contribution >= 4 is 5.91 Å². The predicted molar refractivity (Wildman–Crippen MR) is 175 cm³/mol. The Morgan fingerprint density at radius 2 is 1.00 bits per heavy atom. The molecule has 4 aliphatic rings. The van der Waals surface area contributed by atoms with Gasteiger partial charge in [-0.25, -0.2) is 0 Å². The van der Waals surface area contributed by atoms with Crippen molar-refractivity contribution in [3.8, 4) is 0 Å². The first-order chi connectivity index (χ1) is 19.7. The number of amides is 1. The summed E-state index contributed by atoms with van der Waals surface area (Å²) in [5.41, 5.74) is -1.21. The Bertz CT molecular complexity index is 784. The zero-order valence-corrected chi connectivity index (χ0v) is 28.8. The van der Waals surface area contributed by atoms with Gasteiger partial charge >= 0.3 is 0 Å². The van der Waals surface area contributed by atoms with E-state index in [1.807, 2.05) is 4.90 Å². The lowest BCUT2D eigenvalue weighted by Gasteiger charge is -2.44. The van der Waals surface area contributed by atoms with Crippen molar-refractivity contribution in [2.24, 2.45) is 23.7 Å². The van der Waals surface area contributed by atoms with Gasteiger partial charge in [0, 0.05) is 57.9 Å². The second-order valence-corrected chi connectivity index (χ2v) is 15.7. The van der Waals surface area contributed by atoms with Gasteiger partial charge < -0.3 is 29.8 Å². The quantitative estimate of drug-likeness (QED) is 0.409. The van der Waals surface area contributed by atoms with Crippen LogP contribution in [0.1, 0.15) is 113 Å². The summed E-state index contributed by atoms with van der Waals surface area (Å²) in [6.45, 7) is 27.0. The first kappa shape index (κ1) is 35.7. The fraction of sp³-hybridized carbons (Fsp3) is 0.971. The lowest BCUT2D eigenvalue weighted by atomic mass is 9.85. The molecule has 1 amide bonds. The summed E-state index contributed by atoms with van der Waals surface area (Å²) in [6.07, 6.45) is 8.48. The number of carbonyl (C=O) groups is 1. The number of likely N-dealkylation sites (tertiary alicyclic amines) is 4. The SMILES string of the molecule is CC(C)C1CCN(C(=O)CC2(O)CCN(C(C)C)CC2)CC1.CC(C)C1CCN(CC2(O)CCN(C(C)C)CC2)CC1. The molecule has 7 nitrogen and oxygen atoms in total. The van der Waals surface area contributed by atoms with Crippen LogP contribution in [0.3, 0.4) is 0 Å². The minimum absolute atomic E-state index is 0.155. The van der Waals surface area contributed by atoms with E-state index in [9.17, 15) is 15.0 Å². The van der Waals surface area contributed by atoms with Crippen LogP contribution in [0.15, 0.2) is 0 Å². The Hall–Kier alpha value is -0.730. The van der Waals surface area contributed by atoms with E-state index in [2.05, 4.69) is 70.1 Å². The molecule has 0 bridgehead atoms. The van der Waals surface area contributed by atoms with Crippen molar-refractivity contribution in [3.05, 3.63) is 0 Å². The molecule has 0 saturated carbocycles. The third-order valence-corrected chi connectivity index (χ3v) is 11.3. The molecule has 0 aromatic carbocycles. The van der Waals surface area contributed by atoms with Gasteiger partial charge in [-0.05, 0) is 116 Å². The molecule has 4 rings (SSSR count). The van der Waals surface area contributed by atoms with Gasteiger partial charge in [-0.3, -0.25) is 4.79 Å². The molecular weight excluding hydrogens is 524 g/mol. The van der Waals surface area contributed by atoms with Gasteiger partial charge in [0.05, 0.1) is 17.6 Å². The summed E-state index contributed by atoms with van der Waals surface area (Å²) in [5, 5.41) is 21.6. The molecule has 4 saturated heterocycles. The molecule has 0 radical (unpaired) electrons. The van der Waals surface area contributed by atoms with E-state index in [0.717, 1.165) is 102 Å². The molecule has 246 valence electrons. The largest absolute Gasteiger partial charge is 0.389 e. The highest BCUT2D eigenvalue weighted by Gasteiger charge is 2.38. The number of carbonyl (C=O) groups excluding carboxylic acids is 1. The Morgan fingerprint density at radius 1 is 0.619 bits per heavy atom. The van der Waals surface area contributed by atoms with Gasteiger partial charge in [-0.1, -0.05) is 27.7 Å². The topological polar surface area (TPSA) is 70.5 Å². The first-order valence-electron chi connectivity index (χ1n) is 17.6. The summed E-state index contributed by atoms with van der Waals surface area (Å²) >= 11 is 0. The summed E-state index contributed by atoms with van der Waals surface area (Å²) in [6, 6.07) is 1.14. The maximum absolute atomic E-state index is 12.5. The summed E-state index contributed by atoms with van der Waals surface area (Å²) in [4.78, 5) is 21.9. The molecule has 2 N–H and O–H groups in total. The molecule has 4 fully saturated rings. The van der Waals surface area contributed by atoms with Crippen molar-refractivity contribution < 1.29 is 15.0 Å². The first-order valence-corrected chi connectivity index (χ1v) is 17.6. The van der Waals surface area contributed by atoms with E-state index in [0.29, 0.717) is 24.4 Å². The van der Waals surface area contributed by atoms with E-state index >= 15 is 0 Å². The van der Waals surface area contributed by atoms with Gasteiger partial charge in [0.1, 0.15) is 0 Å². The molecule has 0 spiro atoms. The zero-order chi connectivity index (χ0) is 31.1. The molecule has 0 aliphatic carbocycles. The van der Waals surface area contributed by atoms with E-state index in [-0.39, 0.29) is 5.91 Å². The van der Waals surface area contributed by atoms with Crippen LogP contribution < -0.4 is 0 Å². The fourth-order valence-corrected chi connectivity index (χ4v) is 7.65. The number of piperidine rings is 4. The Labute approximate surface area is 259 Å². The number of hydrogen-bond donors (Lipinski definition) is 2. The number of β-amino-alcohol motifs (C(OH)–C–C–N with tert-alkyl or cyclic N) is 1. The highest BCUT2D eigenvalue weighted by Crippen LogP contribution is 2.31. The normalized spacial score (nSPS) is 25.3. The van der Waals surface area contributed by atoms with Crippen LogP contribution in [0.2, 0.25) is 0 Å². The maximum Gasteiger partial charge on any atom is 0.225 e. The number of rotatable bonds is 8. The average molecular weight is 593 g/mol. The molecule has 0 unspecified atom stereocenters. The minimum atomic E-state index is -0.780. The third-order valence-electron chi connectivity index (χ3n) is 11.3. The van der Waals surface area contributed by atoms with Crippen molar-refractivity contribution in [2.75, 3.05) is 58.9 Å². The Balaban J connectivity index is 0.000000231. The standard InChI is InChI=1S/C18H34N2O2.C17H34N2O/c1-14(2)16-5-9-20(10-6-16)17(21)13-18(22)7-11-19(12-8-18)15(3)4;1-14(2)16-5-9-18(10-6-16)13-17(20)7-11-19(12-8-17)15(3)4/h14-16,22H,5-13H2,1-4H3;14-16,20H,5-13H2,1-4H3. The van der Waals surface area contributed by atoms with Crippen LogP contribution in [0.5, 0.6) is 0 Å². The molecule has 0 atom stereocenters. The van der Waals surface area contributed by atoms with Crippen LogP contribution >= 0.6 is 0 Å². The van der Waals surface area contributed by atoms with E-state index in [4.69, 9.17) is 0 Å². The monoisotopic (exact) mass is 593 g/mol. The molecule has 0 aromatic heterocycles. The van der Waals surface area contributed by atoms with Crippen LogP contribution in [0.25, 0.3) is 0 Å². The summed E-state index contributed by atoms with van der Waals surface area (Å²) in [7, 11) is 0. The molecule has 42 heavy (non-hydrogen) atoms. The number of hydrogen-bond acceptors (Lipinski definition) is 6. The number of aliphatic hydroxyl groups is 2. The van der Waals surface area contributed by atoms with Crippen LogP contribution in [-0.2, 0) is 4.79 Å². The van der Waals surface area contributed by atoms with Gasteiger partial charge in [0.25, 0.3) is 0 Å². The maximum atomic E-state index is 12.5. The molecule has 4 aliphatic heterocycles. The Morgan fingerprint density at radius 3 is 1.38 bits per heavy atom. The molecular formula is C35H68N4O3. The van der Waals surface area contributed by atoms with Gasteiger partial charge in [0.15, 0.2) is 0 Å². The third kappa shape index (κ3) is 10.7. The van der Waals surface area contributed by atoms with E-state index in [1.165, 1.54) is 25.9 Å². The molecule has 4 heterocycles.